The molecule has 4 atom stereocenters. The molecule has 0 aliphatic carbocycles. The summed E-state index contributed by atoms with van der Waals surface area (Å²) >= 11 is 1.79. The summed E-state index contributed by atoms with van der Waals surface area (Å²) in [4.78, 5) is 21.4. The van der Waals surface area contributed by atoms with E-state index in [-0.39, 0.29) is 18.4 Å². The quantitative estimate of drug-likeness (QED) is 0.540. The molecule has 2 bridgehead atoms. The van der Waals surface area contributed by atoms with Gasteiger partial charge in [-0.05, 0) is 43.1 Å². The molecule has 0 saturated carbocycles. The highest BCUT2D eigenvalue weighted by atomic mass is 32.2. The van der Waals surface area contributed by atoms with Crippen molar-refractivity contribution in [2.24, 2.45) is 11.8 Å². The molecule has 1 N–H and O–H groups in total. The number of hydrogen-bond acceptors (Lipinski definition) is 4. The zero-order valence-electron chi connectivity index (χ0n) is 10.4. The van der Waals surface area contributed by atoms with E-state index in [4.69, 9.17) is 9.84 Å². The van der Waals surface area contributed by atoms with E-state index in [1.165, 1.54) is 0 Å². The zero-order valence-corrected chi connectivity index (χ0v) is 11.2. The molecular weight excluding hydrogens is 252 g/mol. The lowest BCUT2D eigenvalue weighted by molar-refractivity contribution is -0.137. The molecule has 4 nitrogen and oxygen atoms in total. The summed E-state index contributed by atoms with van der Waals surface area (Å²) in [7, 11) is 0. The lowest BCUT2D eigenvalue weighted by Gasteiger charge is -2.23. The molecule has 2 aliphatic rings. The van der Waals surface area contributed by atoms with Gasteiger partial charge in [0.1, 0.15) is 6.29 Å². The van der Waals surface area contributed by atoms with Crippen molar-refractivity contribution in [3.63, 3.8) is 0 Å². The normalized spacial score (nSPS) is 33.8. The van der Waals surface area contributed by atoms with Crippen molar-refractivity contribution in [1.82, 2.24) is 0 Å². The molecule has 5 heteroatoms. The van der Waals surface area contributed by atoms with Gasteiger partial charge in [-0.3, -0.25) is 4.79 Å². The number of thioether (sulfide) groups is 1. The van der Waals surface area contributed by atoms with E-state index in [1.54, 1.807) is 11.8 Å². The van der Waals surface area contributed by atoms with E-state index in [9.17, 15) is 9.59 Å². The van der Waals surface area contributed by atoms with Crippen LogP contribution in [0.2, 0.25) is 0 Å². The number of aliphatic carboxylic acids is 1. The van der Waals surface area contributed by atoms with Crippen molar-refractivity contribution in [3.8, 4) is 0 Å². The summed E-state index contributed by atoms with van der Waals surface area (Å²) in [5.41, 5.74) is 0. The Morgan fingerprint density at radius 2 is 2.11 bits per heavy atom. The van der Waals surface area contributed by atoms with Crippen LogP contribution in [0.3, 0.4) is 0 Å². The van der Waals surface area contributed by atoms with Gasteiger partial charge in [0.15, 0.2) is 0 Å². The van der Waals surface area contributed by atoms with Gasteiger partial charge in [0.05, 0.1) is 12.2 Å². The number of fused-ring (bicyclic) bond motifs is 2. The molecule has 0 radical (unpaired) electrons. The highest BCUT2D eigenvalue weighted by molar-refractivity contribution is 7.99. The third kappa shape index (κ3) is 3.26. The van der Waals surface area contributed by atoms with Gasteiger partial charge in [0, 0.05) is 12.3 Å². The molecule has 0 aromatic heterocycles. The van der Waals surface area contributed by atoms with Crippen molar-refractivity contribution >= 4 is 24.0 Å². The first kappa shape index (κ1) is 13.9. The van der Waals surface area contributed by atoms with Crippen LogP contribution in [0.4, 0.5) is 0 Å². The first-order valence-corrected chi connectivity index (χ1v) is 7.78. The average Bonchev–Trinajstić information content (AvgIpc) is 2.93. The molecule has 0 amide bonds. The summed E-state index contributed by atoms with van der Waals surface area (Å²) in [5, 5.41) is 8.52. The van der Waals surface area contributed by atoms with Crippen LogP contribution in [0.1, 0.15) is 32.1 Å². The van der Waals surface area contributed by atoms with Crippen LogP contribution in [0.15, 0.2) is 0 Å². The predicted octanol–water partition coefficient (Wildman–Crippen LogP) is 1.97. The van der Waals surface area contributed by atoms with Crippen LogP contribution < -0.4 is 0 Å². The highest BCUT2D eigenvalue weighted by Gasteiger charge is 2.48. The number of carbonyl (C=O) groups excluding carboxylic acids is 1. The van der Waals surface area contributed by atoms with Gasteiger partial charge >= 0.3 is 5.97 Å². The van der Waals surface area contributed by atoms with Crippen LogP contribution in [0.25, 0.3) is 0 Å². The molecule has 2 saturated heterocycles. The summed E-state index contributed by atoms with van der Waals surface area (Å²) in [5.74, 6) is 1.66. The van der Waals surface area contributed by atoms with Gasteiger partial charge < -0.3 is 14.6 Å². The van der Waals surface area contributed by atoms with Crippen molar-refractivity contribution in [2.75, 3.05) is 11.5 Å². The second-order valence-electron chi connectivity index (χ2n) is 5.07. The van der Waals surface area contributed by atoms with E-state index in [2.05, 4.69) is 0 Å². The lowest BCUT2D eigenvalue weighted by Crippen LogP contribution is -2.28. The highest BCUT2D eigenvalue weighted by Crippen LogP contribution is 2.44. The van der Waals surface area contributed by atoms with Gasteiger partial charge in [-0.15, -0.1) is 0 Å². The van der Waals surface area contributed by atoms with Crippen molar-refractivity contribution < 1.29 is 19.4 Å². The SMILES string of the molecule is O=CC1C2CCC(O2)C1CCSCCCC(=O)O. The minimum atomic E-state index is -0.724. The van der Waals surface area contributed by atoms with Gasteiger partial charge in [-0.25, -0.2) is 0 Å². The van der Waals surface area contributed by atoms with Crippen LogP contribution in [0.5, 0.6) is 0 Å². The van der Waals surface area contributed by atoms with Gasteiger partial charge in [-0.2, -0.15) is 11.8 Å². The minimum Gasteiger partial charge on any atom is -0.481 e. The maximum atomic E-state index is 11.1. The molecule has 0 aromatic rings. The Bertz CT molecular complexity index is 307. The fraction of sp³-hybridized carbons (Fsp3) is 0.846. The first-order chi connectivity index (χ1) is 8.72. The van der Waals surface area contributed by atoms with Crippen LogP contribution >= 0.6 is 11.8 Å². The Balaban J connectivity index is 1.61. The molecule has 18 heavy (non-hydrogen) atoms. The summed E-state index contributed by atoms with van der Waals surface area (Å²) < 4.78 is 5.78. The summed E-state index contributed by atoms with van der Waals surface area (Å²) in [6.45, 7) is 0. The van der Waals surface area contributed by atoms with Crippen molar-refractivity contribution in [2.45, 2.75) is 44.3 Å². The average molecular weight is 272 g/mol. The molecule has 0 spiro atoms. The van der Waals surface area contributed by atoms with Gasteiger partial charge in [0.2, 0.25) is 0 Å². The number of hydrogen-bond donors (Lipinski definition) is 1. The van der Waals surface area contributed by atoms with Crippen LogP contribution in [-0.2, 0) is 14.3 Å². The Kier molecular flexibility index (Phi) is 5.06. The Morgan fingerprint density at radius 1 is 1.33 bits per heavy atom. The summed E-state index contributed by atoms with van der Waals surface area (Å²) in [6.07, 6.45) is 5.68. The second kappa shape index (κ2) is 6.57. The van der Waals surface area contributed by atoms with Gasteiger partial charge in [-0.1, -0.05) is 0 Å². The first-order valence-electron chi connectivity index (χ1n) is 6.62. The fourth-order valence-corrected chi connectivity index (χ4v) is 4.02. The second-order valence-corrected chi connectivity index (χ2v) is 6.29. The molecule has 0 aromatic carbocycles. The number of carboxylic acid groups (broad SMARTS) is 1. The molecule has 2 rings (SSSR count). The monoisotopic (exact) mass is 272 g/mol. The third-order valence-corrected chi connectivity index (χ3v) is 5.02. The van der Waals surface area contributed by atoms with Crippen molar-refractivity contribution in [3.05, 3.63) is 0 Å². The predicted molar refractivity (Wildman–Crippen MR) is 69.8 cm³/mol. The Hall–Kier alpha value is -0.550. The summed E-state index contributed by atoms with van der Waals surface area (Å²) in [6, 6.07) is 0. The third-order valence-electron chi connectivity index (χ3n) is 3.92. The molecular formula is C13H20O4S. The minimum absolute atomic E-state index is 0.100. The maximum Gasteiger partial charge on any atom is 0.303 e. The Morgan fingerprint density at radius 3 is 2.83 bits per heavy atom. The topological polar surface area (TPSA) is 63.6 Å². The molecule has 102 valence electrons. The number of ether oxygens (including phenoxy) is 1. The zero-order chi connectivity index (χ0) is 13.0. The standard InChI is InChI=1S/C13H20O4S/c14-8-10-9(11-3-4-12(10)17-11)5-7-18-6-1-2-13(15)16/h8-12H,1-7H2,(H,15,16). The number of carboxylic acids is 1. The maximum absolute atomic E-state index is 11.1. The van der Waals surface area contributed by atoms with Crippen LogP contribution in [0, 0.1) is 11.8 Å². The van der Waals surface area contributed by atoms with E-state index in [0.29, 0.717) is 12.0 Å². The largest absolute Gasteiger partial charge is 0.481 e. The van der Waals surface area contributed by atoms with Gasteiger partial charge in [0.25, 0.3) is 0 Å². The number of rotatable bonds is 8. The van der Waals surface area contributed by atoms with E-state index in [0.717, 1.165) is 43.5 Å². The smallest absolute Gasteiger partial charge is 0.303 e. The Labute approximate surface area is 111 Å². The van der Waals surface area contributed by atoms with E-state index in [1.807, 2.05) is 0 Å². The molecule has 4 unspecified atom stereocenters. The number of aldehydes is 1. The van der Waals surface area contributed by atoms with Crippen molar-refractivity contribution in [1.29, 1.82) is 0 Å². The number of carbonyl (C=O) groups is 2. The molecule has 2 heterocycles. The fourth-order valence-electron chi connectivity index (χ4n) is 3.02. The van der Waals surface area contributed by atoms with Crippen LogP contribution in [-0.4, -0.2) is 41.1 Å². The molecule has 2 aliphatic heterocycles. The molecule has 2 fully saturated rings. The van der Waals surface area contributed by atoms with E-state index < -0.39 is 5.97 Å². The lowest BCUT2D eigenvalue weighted by atomic mass is 9.79. The van der Waals surface area contributed by atoms with E-state index >= 15 is 0 Å².